The molecule has 0 bridgehead atoms. The summed E-state index contributed by atoms with van der Waals surface area (Å²) < 4.78 is 5.14. The first kappa shape index (κ1) is 12.2. The van der Waals surface area contributed by atoms with Gasteiger partial charge in [0.15, 0.2) is 0 Å². The van der Waals surface area contributed by atoms with Crippen LogP contribution < -0.4 is 0 Å². The highest BCUT2D eigenvalue weighted by Gasteiger charge is 2.37. The summed E-state index contributed by atoms with van der Waals surface area (Å²) in [4.78, 5) is 10.7. The van der Waals surface area contributed by atoms with Crippen LogP contribution in [0.5, 0.6) is 0 Å². The summed E-state index contributed by atoms with van der Waals surface area (Å²) in [7, 11) is 1.49. The summed E-state index contributed by atoms with van der Waals surface area (Å²) in [5.41, 5.74) is -1.27. The maximum Gasteiger partial charge on any atom is 0.306 e. The molecule has 2 unspecified atom stereocenters. The standard InChI is InChI=1S/C11H18O4/c1-15-9-6-4-2-3-5-7-11(9,14)8-10(12)13/h4,6,9,14H,2-3,5,7-8H2,1H3,(H,12,13)/b6-4+. The molecule has 0 saturated heterocycles. The molecule has 15 heavy (non-hydrogen) atoms. The van der Waals surface area contributed by atoms with E-state index in [2.05, 4.69) is 0 Å². The van der Waals surface area contributed by atoms with Gasteiger partial charge in [0.25, 0.3) is 0 Å². The zero-order chi connectivity index (χ0) is 11.3. The van der Waals surface area contributed by atoms with Crippen LogP contribution >= 0.6 is 0 Å². The number of carbonyl (C=O) groups is 1. The number of aliphatic carboxylic acids is 1. The fourth-order valence-corrected chi connectivity index (χ4v) is 1.98. The van der Waals surface area contributed by atoms with Crippen molar-refractivity contribution in [1.82, 2.24) is 0 Å². The van der Waals surface area contributed by atoms with Gasteiger partial charge in [0.05, 0.1) is 6.42 Å². The average Bonchev–Trinajstić information content (AvgIpc) is 2.12. The number of methoxy groups -OCH3 is 1. The predicted octanol–water partition coefficient (Wildman–Crippen LogP) is 1.34. The maximum atomic E-state index is 10.7. The number of rotatable bonds is 3. The van der Waals surface area contributed by atoms with Crippen LogP contribution in [0.1, 0.15) is 32.1 Å². The molecular formula is C11H18O4. The lowest BCUT2D eigenvalue weighted by Crippen LogP contribution is -2.44. The molecule has 0 aliphatic heterocycles. The minimum absolute atomic E-state index is 0.268. The van der Waals surface area contributed by atoms with E-state index in [1.165, 1.54) is 7.11 Å². The molecule has 0 saturated carbocycles. The topological polar surface area (TPSA) is 66.8 Å². The van der Waals surface area contributed by atoms with Gasteiger partial charge in [-0.1, -0.05) is 18.6 Å². The summed E-state index contributed by atoms with van der Waals surface area (Å²) >= 11 is 0. The van der Waals surface area contributed by atoms with Crippen molar-refractivity contribution < 1.29 is 19.7 Å². The van der Waals surface area contributed by atoms with Crippen LogP contribution in [0.3, 0.4) is 0 Å². The Labute approximate surface area is 89.6 Å². The summed E-state index contributed by atoms with van der Waals surface area (Å²) in [6, 6.07) is 0. The lowest BCUT2D eigenvalue weighted by molar-refractivity contribution is -0.149. The molecular weight excluding hydrogens is 196 g/mol. The quantitative estimate of drug-likeness (QED) is 0.696. The fraction of sp³-hybridized carbons (Fsp3) is 0.727. The Morgan fingerprint density at radius 1 is 1.60 bits per heavy atom. The van der Waals surface area contributed by atoms with Crippen molar-refractivity contribution in [2.24, 2.45) is 0 Å². The van der Waals surface area contributed by atoms with E-state index in [4.69, 9.17) is 9.84 Å². The van der Waals surface area contributed by atoms with Crippen LogP contribution in [0.2, 0.25) is 0 Å². The third-order valence-corrected chi connectivity index (χ3v) is 2.78. The zero-order valence-electron chi connectivity index (χ0n) is 8.98. The fourth-order valence-electron chi connectivity index (χ4n) is 1.98. The second kappa shape index (κ2) is 5.28. The molecule has 4 heteroatoms. The van der Waals surface area contributed by atoms with Crippen molar-refractivity contribution in [2.75, 3.05) is 7.11 Å². The third kappa shape index (κ3) is 3.32. The van der Waals surface area contributed by atoms with Gasteiger partial charge in [0.1, 0.15) is 11.7 Å². The van der Waals surface area contributed by atoms with Gasteiger partial charge in [0, 0.05) is 7.11 Å². The second-order valence-corrected chi connectivity index (χ2v) is 4.00. The van der Waals surface area contributed by atoms with Crippen molar-refractivity contribution in [1.29, 1.82) is 0 Å². The van der Waals surface area contributed by atoms with Crippen LogP contribution in [0.4, 0.5) is 0 Å². The van der Waals surface area contributed by atoms with Gasteiger partial charge in [-0.05, 0) is 19.3 Å². The van der Waals surface area contributed by atoms with E-state index >= 15 is 0 Å². The first-order valence-electron chi connectivity index (χ1n) is 5.22. The molecule has 1 aliphatic rings. The number of allylic oxidation sites excluding steroid dienone is 1. The van der Waals surface area contributed by atoms with Crippen LogP contribution in [0.25, 0.3) is 0 Å². The van der Waals surface area contributed by atoms with Gasteiger partial charge < -0.3 is 14.9 Å². The van der Waals surface area contributed by atoms with Crippen molar-refractivity contribution in [2.45, 2.75) is 43.8 Å². The SMILES string of the molecule is COC1/C=C/CCCCC1(O)CC(=O)O. The maximum absolute atomic E-state index is 10.7. The van der Waals surface area contributed by atoms with Crippen LogP contribution in [-0.2, 0) is 9.53 Å². The van der Waals surface area contributed by atoms with Gasteiger partial charge in [-0.3, -0.25) is 4.79 Å². The van der Waals surface area contributed by atoms with Gasteiger partial charge in [-0.25, -0.2) is 0 Å². The first-order chi connectivity index (χ1) is 7.08. The van der Waals surface area contributed by atoms with Crippen molar-refractivity contribution >= 4 is 5.97 Å². The van der Waals surface area contributed by atoms with E-state index in [9.17, 15) is 9.90 Å². The normalized spacial score (nSPS) is 34.1. The molecule has 1 rings (SSSR count). The third-order valence-electron chi connectivity index (χ3n) is 2.78. The van der Waals surface area contributed by atoms with Crippen molar-refractivity contribution in [3.63, 3.8) is 0 Å². The van der Waals surface area contributed by atoms with E-state index in [0.29, 0.717) is 6.42 Å². The Morgan fingerprint density at radius 2 is 2.33 bits per heavy atom. The Kier molecular flexibility index (Phi) is 4.29. The van der Waals surface area contributed by atoms with Gasteiger partial charge in [-0.15, -0.1) is 0 Å². The zero-order valence-corrected chi connectivity index (χ0v) is 8.98. The molecule has 0 fully saturated rings. The van der Waals surface area contributed by atoms with E-state index in [1.807, 2.05) is 6.08 Å². The van der Waals surface area contributed by atoms with E-state index in [1.54, 1.807) is 6.08 Å². The molecule has 2 N–H and O–H groups in total. The smallest absolute Gasteiger partial charge is 0.306 e. The summed E-state index contributed by atoms with van der Waals surface area (Å²) in [5, 5.41) is 19.0. The highest BCUT2D eigenvalue weighted by atomic mass is 16.5. The Hall–Kier alpha value is -0.870. The lowest BCUT2D eigenvalue weighted by atomic mass is 9.85. The number of hydrogen-bond acceptors (Lipinski definition) is 3. The van der Waals surface area contributed by atoms with Crippen LogP contribution in [0.15, 0.2) is 12.2 Å². The highest BCUT2D eigenvalue weighted by molar-refractivity contribution is 5.68. The minimum Gasteiger partial charge on any atom is -0.481 e. The van der Waals surface area contributed by atoms with E-state index in [-0.39, 0.29) is 6.42 Å². The molecule has 86 valence electrons. The molecule has 0 amide bonds. The molecule has 0 heterocycles. The Morgan fingerprint density at radius 3 is 2.93 bits per heavy atom. The van der Waals surface area contributed by atoms with Crippen LogP contribution in [0, 0.1) is 0 Å². The molecule has 1 aliphatic carbocycles. The highest BCUT2D eigenvalue weighted by Crippen LogP contribution is 2.28. The molecule has 2 atom stereocenters. The van der Waals surface area contributed by atoms with E-state index < -0.39 is 17.7 Å². The van der Waals surface area contributed by atoms with Crippen molar-refractivity contribution in [3.8, 4) is 0 Å². The second-order valence-electron chi connectivity index (χ2n) is 4.00. The largest absolute Gasteiger partial charge is 0.481 e. The molecule has 4 nitrogen and oxygen atoms in total. The van der Waals surface area contributed by atoms with Crippen molar-refractivity contribution in [3.05, 3.63) is 12.2 Å². The Balaban J connectivity index is 2.81. The van der Waals surface area contributed by atoms with E-state index in [0.717, 1.165) is 19.3 Å². The first-order valence-corrected chi connectivity index (χ1v) is 5.22. The molecule has 0 spiro atoms. The number of ether oxygens (including phenoxy) is 1. The summed E-state index contributed by atoms with van der Waals surface area (Å²) in [6.07, 6.45) is 6.17. The van der Waals surface area contributed by atoms with Crippen LogP contribution in [-0.4, -0.2) is 35.0 Å². The number of hydrogen-bond donors (Lipinski definition) is 2. The molecule has 0 aromatic heterocycles. The molecule has 0 aromatic carbocycles. The lowest BCUT2D eigenvalue weighted by Gasteiger charge is -2.33. The Bertz CT molecular complexity index is 249. The monoisotopic (exact) mass is 214 g/mol. The average molecular weight is 214 g/mol. The summed E-state index contributed by atoms with van der Waals surface area (Å²) in [5.74, 6) is -0.992. The van der Waals surface area contributed by atoms with Gasteiger partial charge >= 0.3 is 5.97 Å². The van der Waals surface area contributed by atoms with Gasteiger partial charge in [0.2, 0.25) is 0 Å². The number of carboxylic acid groups (broad SMARTS) is 1. The van der Waals surface area contributed by atoms with Gasteiger partial charge in [-0.2, -0.15) is 0 Å². The number of carboxylic acids is 1. The molecule has 0 aromatic rings. The predicted molar refractivity (Wildman–Crippen MR) is 55.6 cm³/mol. The number of aliphatic hydroxyl groups is 1. The minimum atomic E-state index is -1.27. The molecule has 0 radical (unpaired) electrons. The summed E-state index contributed by atoms with van der Waals surface area (Å²) in [6.45, 7) is 0.